The predicted octanol–water partition coefficient (Wildman–Crippen LogP) is 6.46. The SMILES string of the molecule is O=C(Nc1ccc(Cl)cc1)Nc1ccccc1Sc1ncc([N+](=O)[O-])cc1C(F)(F)F. The van der Waals surface area contributed by atoms with Crippen LogP contribution in [0.25, 0.3) is 0 Å². The standard InChI is InChI=1S/C19H12ClF3N4O3S/c20-11-5-7-12(8-6-11)25-18(28)26-15-3-1-2-4-16(15)31-17-14(19(21,22)23)9-13(10-24-17)27(29)30/h1-10H,(H2,25,26,28). The van der Waals surface area contributed by atoms with E-state index in [1.54, 1.807) is 36.4 Å². The second-order valence-electron chi connectivity index (χ2n) is 5.99. The number of alkyl halides is 3. The fourth-order valence-corrected chi connectivity index (χ4v) is 3.51. The maximum atomic E-state index is 13.4. The van der Waals surface area contributed by atoms with Gasteiger partial charge in [-0.15, -0.1) is 0 Å². The maximum Gasteiger partial charge on any atom is 0.419 e. The van der Waals surface area contributed by atoms with E-state index in [1.165, 1.54) is 12.1 Å². The Kier molecular flexibility index (Phi) is 6.66. The van der Waals surface area contributed by atoms with Crippen LogP contribution >= 0.6 is 23.4 Å². The van der Waals surface area contributed by atoms with Crippen molar-refractivity contribution in [1.82, 2.24) is 4.98 Å². The van der Waals surface area contributed by atoms with E-state index in [2.05, 4.69) is 15.6 Å². The highest BCUT2D eigenvalue weighted by Crippen LogP contribution is 2.41. The minimum Gasteiger partial charge on any atom is -0.308 e. The van der Waals surface area contributed by atoms with Crippen LogP contribution in [0.2, 0.25) is 5.02 Å². The van der Waals surface area contributed by atoms with Crippen LogP contribution in [0, 0.1) is 10.1 Å². The third kappa shape index (κ3) is 5.86. The first-order valence-electron chi connectivity index (χ1n) is 8.45. The Labute approximate surface area is 182 Å². The number of nitrogens with one attached hydrogen (secondary N) is 2. The summed E-state index contributed by atoms with van der Waals surface area (Å²) in [5.41, 5.74) is -1.33. The van der Waals surface area contributed by atoms with Crippen molar-refractivity contribution in [3.63, 3.8) is 0 Å². The molecule has 0 aliphatic carbocycles. The molecule has 0 aliphatic heterocycles. The lowest BCUT2D eigenvalue weighted by molar-refractivity contribution is -0.385. The third-order valence-corrected chi connectivity index (χ3v) is 5.14. The van der Waals surface area contributed by atoms with E-state index >= 15 is 0 Å². The summed E-state index contributed by atoms with van der Waals surface area (Å²) >= 11 is 6.42. The van der Waals surface area contributed by atoms with E-state index in [0.717, 1.165) is 6.20 Å². The van der Waals surface area contributed by atoms with E-state index in [9.17, 15) is 28.1 Å². The van der Waals surface area contributed by atoms with Gasteiger partial charge >= 0.3 is 12.2 Å². The number of halogens is 4. The van der Waals surface area contributed by atoms with Gasteiger partial charge in [-0.3, -0.25) is 10.1 Å². The Balaban J connectivity index is 1.84. The zero-order valence-electron chi connectivity index (χ0n) is 15.3. The van der Waals surface area contributed by atoms with Crippen molar-refractivity contribution in [3.05, 3.63) is 81.5 Å². The van der Waals surface area contributed by atoms with Crippen LogP contribution in [-0.2, 0) is 6.18 Å². The zero-order chi connectivity index (χ0) is 22.6. The first-order chi connectivity index (χ1) is 14.6. The van der Waals surface area contributed by atoms with Crippen LogP contribution in [0.3, 0.4) is 0 Å². The number of rotatable bonds is 5. The van der Waals surface area contributed by atoms with Crippen LogP contribution in [-0.4, -0.2) is 15.9 Å². The van der Waals surface area contributed by atoms with Crippen LogP contribution in [0.15, 0.2) is 70.7 Å². The minimum absolute atomic E-state index is 0.229. The van der Waals surface area contributed by atoms with Crippen LogP contribution < -0.4 is 10.6 Å². The van der Waals surface area contributed by atoms with E-state index in [0.29, 0.717) is 28.5 Å². The number of carbonyl (C=O) groups is 1. The molecule has 0 unspecified atom stereocenters. The van der Waals surface area contributed by atoms with E-state index in [-0.39, 0.29) is 10.6 Å². The van der Waals surface area contributed by atoms with Crippen LogP contribution in [0.4, 0.5) is 35.0 Å². The van der Waals surface area contributed by atoms with Crippen molar-refractivity contribution in [2.45, 2.75) is 16.1 Å². The molecule has 0 aliphatic rings. The number of hydrogen-bond acceptors (Lipinski definition) is 5. The molecule has 3 aromatic rings. The van der Waals surface area contributed by atoms with Crippen molar-refractivity contribution >= 4 is 46.5 Å². The minimum atomic E-state index is -4.85. The molecular formula is C19H12ClF3N4O3S. The number of nitrogens with zero attached hydrogens (tertiary/aromatic N) is 2. The molecular weight excluding hydrogens is 457 g/mol. The average Bonchev–Trinajstić information content (AvgIpc) is 2.70. The van der Waals surface area contributed by atoms with Gasteiger partial charge in [-0.1, -0.05) is 35.5 Å². The summed E-state index contributed by atoms with van der Waals surface area (Å²) in [4.78, 5) is 26.0. The number of pyridine rings is 1. The highest BCUT2D eigenvalue weighted by molar-refractivity contribution is 7.99. The summed E-state index contributed by atoms with van der Waals surface area (Å²) in [5.74, 6) is 0. The Hall–Kier alpha value is -3.31. The molecule has 0 bridgehead atoms. The number of benzene rings is 2. The monoisotopic (exact) mass is 468 g/mol. The molecule has 3 rings (SSSR count). The van der Waals surface area contributed by atoms with Crippen LogP contribution in [0.1, 0.15) is 5.56 Å². The molecule has 1 aromatic heterocycles. The molecule has 0 saturated heterocycles. The number of amides is 2. The Bertz CT molecular complexity index is 1130. The van der Waals surface area contributed by atoms with Gasteiger partial charge in [-0.05, 0) is 36.4 Å². The normalized spacial score (nSPS) is 11.1. The second kappa shape index (κ2) is 9.23. The Morgan fingerprint density at radius 2 is 1.77 bits per heavy atom. The molecule has 7 nitrogen and oxygen atoms in total. The number of urea groups is 1. The van der Waals surface area contributed by atoms with Gasteiger partial charge in [0.15, 0.2) is 0 Å². The van der Waals surface area contributed by atoms with E-state index in [4.69, 9.17) is 11.6 Å². The summed E-state index contributed by atoms with van der Waals surface area (Å²) in [7, 11) is 0. The van der Waals surface area contributed by atoms with Gasteiger partial charge in [0, 0.05) is 21.7 Å². The van der Waals surface area contributed by atoms with Crippen molar-refractivity contribution in [2.24, 2.45) is 0 Å². The first-order valence-corrected chi connectivity index (χ1v) is 9.65. The molecule has 0 spiro atoms. The number of para-hydroxylation sites is 1. The highest BCUT2D eigenvalue weighted by atomic mass is 35.5. The smallest absolute Gasteiger partial charge is 0.308 e. The fourth-order valence-electron chi connectivity index (χ4n) is 2.41. The molecule has 0 fully saturated rings. The quantitative estimate of drug-likeness (QED) is 0.331. The molecule has 31 heavy (non-hydrogen) atoms. The van der Waals surface area contributed by atoms with Crippen molar-refractivity contribution in [3.8, 4) is 0 Å². The lowest BCUT2D eigenvalue weighted by Crippen LogP contribution is -2.19. The molecule has 0 saturated carbocycles. The Morgan fingerprint density at radius 3 is 2.42 bits per heavy atom. The topological polar surface area (TPSA) is 97.2 Å². The molecule has 1 heterocycles. The average molecular weight is 469 g/mol. The second-order valence-corrected chi connectivity index (χ2v) is 7.45. The largest absolute Gasteiger partial charge is 0.419 e. The summed E-state index contributed by atoms with van der Waals surface area (Å²) in [6, 6.07) is 12.3. The molecule has 2 N–H and O–H groups in total. The molecule has 0 radical (unpaired) electrons. The predicted molar refractivity (Wildman–Crippen MR) is 111 cm³/mol. The first kappa shape index (κ1) is 22.4. The van der Waals surface area contributed by atoms with E-state index < -0.39 is 33.4 Å². The molecule has 0 atom stereocenters. The lowest BCUT2D eigenvalue weighted by atomic mass is 10.2. The van der Waals surface area contributed by atoms with Gasteiger partial charge in [0.2, 0.25) is 0 Å². The summed E-state index contributed by atoms with van der Waals surface area (Å²) in [5, 5.41) is 16.0. The highest BCUT2D eigenvalue weighted by Gasteiger charge is 2.36. The number of carbonyl (C=O) groups excluding carboxylic acids is 1. The van der Waals surface area contributed by atoms with Crippen molar-refractivity contribution in [1.29, 1.82) is 0 Å². The van der Waals surface area contributed by atoms with Gasteiger partial charge in [0.1, 0.15) is 11.2 Å². The fraction of sp³-hybridized carbons (Fsp3) is 0.0526. The lowest BCUT2D eigenvalue weighted by Gasteiger charge is -2.14. The molecule has 2 aromatic carbocycles. The molecule has 2 amide bonds. The van der Waals surface area contributed by atoms with Gasteiger partial charge in [-0.25, -0.2) is 9.78 Å². The zero-order valence-corrected chi connectivity index (χ0v) is 16.9. The third-order valence-electron chi connectivity index (χ3n) is 3.80. The summed E-state index contributed by atoms with van der Waals surface area (Å²) in [6.07, 6.45) is -4.10. The molecule has 160 valence electrons. The number of anilines is 2. The van der Waals surface area contributed by atoms with Gasteiger partial charge in [-0.2, -0.15) is 13.2 Å². The number of hydrogen-bond donors (Lipinski definition) is 2. The van der Waals surface area contributed by atoms with E-state index in [1.807, 2.05) is 0 Å². The number of aromatic nitrogens is 1. The summed E-state index contributed by atoms with van der Waals surface area (Å²) in [6.45, 7) is 0. The molecule has 12 heteroatoms. The van der Waals surface area contributed by atoms with Crippen molar-refractivity contribution < 1.29 is 22.9 Å². The summed E-state index contributed by atoms with van der Waals surface area (Å²) < 4.78 is 40.2. The van der Waals surface area contributed by atoms with Gasteiger partial charge in [0.05, 0.1) is 16.2 Å². The van der Waals surface area contributed by atoms with Gasteiger partial charge in [0.25, 0.3) is 5.69 Å². The van der Waals surface area contributed by atoms with Crippen molar-refractivity contribution in [2.75, 3.05) is 10.6 Å². The van der Waals surface area contributed by atoms with Crippen LogP contribution in [0.5, 0.6) is 0 Å². The number of nitro groups is 1. The van der Waals surface area contributed by atoms with Gasteiger partial charge < -0.3 is 10.6 Å². The Morgan fingerprint density at radius 1 is 1.10 bits per heavy atom. The maximum absolute atomic E-state index is 13.4.